The van der Waals surface area contributed by atoms with Gasteiger partial charge in [-0.2, -0.15) is 5.10 Å². The molecule has 1 aromatic heterocycles. The maximum Gasteiger partial charge on any atom is 0.273 e. The van der Waals surface area contributed by atoms with E-state index in [1.807, 2.05) is 18.2 Å². The molecule has 144 valence electrons. The van der Waals surface area contributed by atoms with Crippen molar-refractivity contribution in [3.05, 3.63) is 40.0 Å². The van der Waals surface area contributed by atoms with Crippen LogP contribution >= 0.6 is 23.2 Å². The van der Waals surface area contributed by atoms with Gasteiger partial charge in [0.1, 0.15) is 0 Å². The summed E-state index contributed by atoms with van der Waals surface area (Å²) in [5.74, 6) is 0.453. The quantitative estimate of drug-likeness (QED) is 0.748. The first-order valence-corrected chi connectivity index (χ1v) is 10.2. The van der Waals surface area contributed by atoms with E-state index in [1.165, 1.54) is 6.42 Å². The number of carbonyl (C=O) groups is 1. The number of rotatable bonds is 3. The molecule has 2 aliphatic carbocycles. The van der Waals surface area contributed by atoms with Crippen LogP contribution in [0.3, 0.4) is 0 Å². The molecule has 2 aromatic rings. The van der Waals surface area contributed by atoms with Gasteiger partial charge in [-0.05, 0) is 42.1 Å². The molecule has 2 aliphatic rings. The summed E-state index contributed by atoms with van der Waals surface area (Å²) in [6.07, 6.45) is 3.42. The van der Waals surface area contributed by atoms with Gasteiger partial charge in [-0.25, -0.2) is 0 Å². The highest BCUT2D eigenvalue weighted by Gasteiger charge is 2.61. The molecule has 6 heteroatoms. The number of nitrogens with one attached hydrogen (secondary N) is 1. The van der Waals surface area contributed by atoms with Gasteiger partial charge in [0.25, 0.3) is 5.91 Å². The first kappa shape index (κ1) is 18.8. The lowest BCUT2D eigenvalue weighted by Crippen LogP contribution is -2.47. The van der Waals surface area contributed by atoms with Gasteiger partial charge >= 0.3 is 0 Å². The summed E-state index contributed by atoms with van der Waals surface area (Å²) < 4.78 is 1.63. The molecule has 1 N–H and O–H groups in total. The van der Waals surface area contributed by atoms with Crippen molar-refractivity contribution in [2.75, 3.05) is 0 Å². The van der Waals surface area contributed by atoms with Gasteiger partial charge in [0.05, 0.1) is 10.7 Å². The van der Waals surface area contributed by atoms with Crippen LogP contribution < -0.4 is 5.32 Å². The van der Waals surface area contributed by atoms with Gasteiger partial charge in [-0.3, -0.25) is 9.48 Å². The Hall–Kier alpha value is -1.52. The average molecular weight is 406 g/mol. The molecule has 0 saturated heterocycles. The standard InChI is InChI=1S/C21H25Cl2N3O/c1-20(2)12-9-10-21(20,3)15(11-12)24-19(27)17-16(23)18(26(4)25-17)13-7-5-6-8-14(13)22/h5-8,12,15H,9-11H2,1-4H3,(H,24,27)/t12?,15-,21+/m1/s1. The highest BCUT2D eigenvalue weighted by Crippen LogP contribution is 2.65. The Kier molecular flexibility index (Phi) is 4.36. The van der Waals surface area contributed by atoms with Crippen LogP contribution in [-0.4, -0.2) is 21.7 Å². The van der Waals surface area contributed by atoms with E-state index in [0.29, 0.717) is 21.7 Å². The minimum absolute atomic E-state index is 0.111. The summed E-state index contributed by atoms with van der Waals surface area (Å²) in [7, 11) is 1.78. The van der Waals surface area contributed by atoms with E-state index < -0.39 is 0 Å². The first-order chi connectivity index (χ1) is 12.7. The molecule has 3 atom stereocenters. The van der Waals surface area contributed by atoms with Crippen molar-refractivity contribution in [1.29, 1.82) is 0 Å². The Morgan fingerprint density at radius 3 is 2.56 bits per heavy atom. The van der Waals surface area contributed by atoms with Crippen LogP contribution in [-0.2, 0) is 7.05 Å². The molecular weight excluding hydrogens is 381 g/mol. The molecule has 4 nitrogen and oxygen atoms in total. The van der Waals surface area contributed by atoms with E-state index in [4.69, 9.17) is 23.2 Å². The van der Waals surface area contributed by atoms with Crippen molar-refractivity contribution >= 4 is 29.1 Å². The molecule has 2 bridgehead atoms. The number of amides is 1. The zero-order valence-corrected chi connectivity index (χ0v) is 17.7. The maximum atomic E-state index is 13.0. The van der Waals surface area contributed by atoms with Crippen molar-refractivity contribution in [3.8, 4) is 11.3 Å². The zero-order chi connectivity index (χ0) is 19.6. The maximum absolute atomic E-state index is 13.0. The van der Waals surface area contributed by atoms with Crippen molar-refractivity contribution < 1.29 is 4.79 Å². The number of nitrogens with zero attached hydrogens (tertiary/aromatic N) is 2. The number of aromatic nitrogens is 2. The highest BCUT2D eigenvalue weighted by atomic mass is 35.5. The summed E-state index contributed by atoms with van der Waals surface area (Å²) in [5.41, 5.74) is 2.04. The average Bonchev–Trinajstić information content (AvgIpc) is 3.10. The third kappa shape index (κ3) is 2.64. The fourth-order valence-corrected chi connectivity index (χ4v) is 5.81. The second-order valence-electron chi connectivity index (χ2n) is 8.75. The second-order valence-corrected chi connectivity index (χ2v) is 9.54. The smallest absolute Gasteiger partial charge is 0.273 e. The van der Waals surface area contributed by atoms with E-state index in [0.717, 1.165) is 18.4 Å². The van der Waals surface area contributed by atoms with E-state index in [2.05, 4.69) is 31.2 Å². The molecule has 1 heterocycles. The minimum Gasteiger partial charge on any atom is -0.347 e. The zero-order valence-electron chi connectivity index (χ0n) is 16.1. The lowest BCUT2D eigenvalue weighted by molar-refractivity contribution is 0.0821. The third-order valence-corrected chi connectivity index (χ3v) is 8.12. The van der Waals surface area contributed by atoms with Crippen molar-refractivity contribution in [3.63, 3.8) is 0 Å². The molecular formula is C21H25Cl2N3O. The van der Waals surface area contributed by atoms with Crippen molar-refractivity contribution in [1.82, 2.24) is 15.1 Å². The Balaban J connectivity index is 1.63. The van der Waals surface area contributed by atoms with Crippen LogP contribution in [0.4, 0.5) is 0 Å². The van der Waals surface area contributed by atoms with Crippen LogP contribution in [0.15, 0.2) is 24.3 Å². The molecule has 2 saturated carbocycles. The fraction of sp³-hybridized carbons (Fsp3) is 0.524. The predicted octanol–water partition coefficient (Wildman–Crippen LogP) is 5.34. The second kappa shape index (κ2) is 6.25. The molecule has 0 aliphatic heterocycles. The largest absolute Gasteiger partial charge is 0.347 e. The normalized spacial score (nSPS) is 28.5. The number of carbonyl (C=O) groups excluding carboxylic acids is 1. The Morgan fingerprint density at radius 1 is 1.26 bits per heavy atom. The molecule has 0 spiro atoms. The minimum atomic E-state index is -0.205. The molecule has 4 rings (SSSR count). The summed E-state index contributed by atoms with van der Waals surface area (Å²) in [4.78, 5) is 13.0. The predicted molar refractivity (Wildman–Crippen MR) is 109 cm³/mol. The van der Waals surface area contributed by atoms with Gasteiger partial charge in [0.15, 0.2) is 5.69 Å². The first-order valence-electron chi connectivity index (χ1n) is 9.45. The Morgan fingerprint density at radius 2 is 1.96 bits per heavy atom. The molecule has 1 amide bonds. The SMILES string of the molecule is Cn1nc(C(=O)N[C@@H]2CC3CC[C@]2(C)C3(C)C)c(Cl)c1-c1ccccc1Cl. The lowest BCUT2D eigenvalue weighted by Gasteiger charge is -2.39. The number of halogens is 2. The lowest BCUT2D eigenvalue weighted by atomic mass is 9.69. The Bertz CT molecular complexity index is 920. The van der Waals surface area contributed by atoms with Gasteiger partial charge in [0.2, 0.25) is 0 Å². The summed E-state index contributed by atoms with van der Waals surface area (Å²) >= 11 is 12.9. The molecule has 2 fully saturated rings. The fourth-order valence-electron chi connectivity index (χ4n) is 5.24. The van der Waals surface area contributed by atoms with Crippen LogP contribution in [0, 0.1) is 16.7 Å². The van der Waals surface area contributed by atoms with Gasteiger partial charge in [0, 0.05) is 23.7 Å². The van der Waals surface area contributed by atoms with Crippen molar-refractivity contribution in [2.45, 2.75) is 46.1 Å². The highest BCUT2D eigenvalue weighted by molar-refractivity contribution is 6.38. The third-order valence-electron chi connectivity index (χ3n) is 7.43. The summed E-state index contributed by atoms with van der Waals surface area (Å²) in [6, 6.07) is 7.59. The van der Waals surface area contributed by atoms with Crippen LogP contribution in [0.5, 0.6) is 0 Å². The number of fused-ring (bicyclic) bond motifs is 2. The molecule has 27 heavy (non-hydrogen) atoms. The van der Waals surface area contributed by atoms with E-state index in [9.17, 15) is 4.79 Å². The molecule has 0 radical (unpaired) electrons. The van der Waals surface area contributed by atoms with E-state index in [1.54, 1.807) is 17.8 Å². The number of aryl methyl sites for hydroxylation is 1. The van der Waals surface area contributed by atoms with Gasteiger partial charge < -0.3 is 5.32 Å². The van der Waals surface area contributed by atoms with Gasteiger partial charge in [-0.1, -0.05) is 62.2 Å². The van der Waals surface area contributed by atoms with E-state index >= 15 is 0 Å². The number of hydrogen-bond donors (Lipinski definition) is 1. The molecule has 1 aromatic carbocycles. The molecule has 1 unspecified atom stereocenters. The van der Waals surface area contributed by atoms with Gasteiger partial charge in [-0.15, -0.1) is 0 Å². The van der Waals surface area contributed by atoms with Crippen molar-refractivity contribution in [2.24, 2.45) is 23.8 Å². The summed E-state index contributed by atoms with van der Waals surface area (Å²) in [6.45, 7) is 6.97. The Labute approximate surface area is 170 Å². The van der Waals surface area contributed by atoms with Crippen LogP contribution in [0.1, 0.15) is 50.5 Å². The number of hydrogen-bond acceptors (Lipinski definition) is 2. The van der Waals surface area contributed by atoms with Crippen LogP contribution in [0.2, 0.25) is 10.0 Å². The summed E-state index contributed by atoms with van der Waals surface area (Å²) in [5, 5.41) is 8.57. The monoisotopic (exact) mass is 405 g/mol. The van der Waals surface area contributed by atoms with Crippen LogP contribution in [0.25, 0.3) is 11.3 Å². The topological polar surface area (TPSA) is 46.9 Å². The number of benzene rings is 1. The van der Waals surface area contributed by atoms with E-state index in [-0.39, 0.29) is 28.5 Å².